The number of anilines is 1. The lowest BCUT2D eigenvalue weighted by molar-refractivity contribution is 0.148. The monoisotopic (exact) mass is 322 g/mol. The molecule has 4 heteroatoms. The molecular weight excluding hydrogens is 304 g/mol. The minimum Gasteiger partial charge on any atom is -0.390 e. The molecule has 0 bridgehead atoms. The Hall–Kier alpha value is -1.10. The fourth-order valence-corrected chi connectivity index (χ4v) is 2.43. The quantitative estimate of drug-likeness (QED) is 0.888. The maximum absolute atomic E-state index is 9.82. The predicted octanol–water partition coefficient (Wildman–Crippen LogP) is 2.94. The van der Waals surface area contributed by atoms with Gasteiger partial charge in [0.1, 0.15) is 0 Å². The van der Waals surface area contributed by atoms with Gasteiger partial charge in [-0.3, -0.25) is 0 Å². The van der Waals surface area contributed by atoms with E-state index in [1.165, 1.54) is 10.8 Å². The minimum absolute atomic E-state index is 0.365. The molecule has 0 radical (unpaired) electrons. The lowest BCUT2D eigenvalue weighted by Gasteiger charge is -2.17. The summed E-state index contributed by atoms with van der Waals surface area (Å²) in [4.78, 5) is 1.98. The van der Waals surface area contributed by atoms with Gasteiger partial charge in [-0.05, 0) is 49.1 Å². The molecule has 1 unspecified atom stereocenters. The second kappa shape index (κ2) is 6.37. The van der Waals surface area contributed by atoms with E-state index in [4.69, 9.17) is 0 Å². The van der Waals surface area contributed by atoms with Crippen molar-refractivity contribution < 1.29 is 5.11 Å². The van der Waals surface area contributed by atoms with Crippen molar-refractivity contribution in [2.75, 3.05) is 32.5 Å². The van der Waals surface area contributed by atoms with Crippen molar-refractivity contribution in [2.45, 2.75) is 6.10 Å². The number of likely N-dealkylation sites (N-methyl/N-ethyl adjacent to an activating group) is 1. The van der Waals surface area contributed by atoms with Crippen LogP contribution in [0.5, 0.6) is 0 Å². The second-order valence-electron chi connectivity index (χ2n) is 5.00. The maximum Gasteiger partial charge on any atom is 0.0838 e. The highest BCUT2D eigenvalue weighted by atomic mass is 79.9. The molecule has 2 N–H and O–H groups in total. The van der Waals surface area contributed by atoms with Crippen LogP contribution < -0.4 is 5.32 Å². The first kappa shape index (κ1) is 14.3. The SMILES string of the molecule is CN(C)CC(O)CNc1ccc2cc(Br)ccc2c1. The molecule has 0 aromatic heterocycles. The number of hydrogen-bond acceptors (Lipinski definition) is 3. The van der Waals surface area contributed by atoms with Crippen molar-refractivity contribution in [3.63, 3.8) is 0 Å². The fourth-order valence-electron chi connectivity index (χ4n) is 2.05. The largest absolute Gasteiger partial charge is 0.390 e. The molecule has 102 valence electrons. The summed E-state index contributed by atoms with van der Waals surface area (Å²) < 4.78 is 1.09. The van der Waals surface area contributed by atoms with Gasteiger partial charge in [0.05, 0.1) is 6.10 Å². The van der Waals surface area contributed by atoms with Crippen molar-refractivity contribution in [1.82, 2.24) is 4.90 Å². The van der Waals surface area contributed by atoms with Crippen LogP contribution in [0.4, 0.5) is 5.69 Å². The van der Waals surface area contributed by atoms with Crippen molar-refractivity contribution in [2.24, 2.45) is 0 Å². The number of benzene rings is 2. The van der Waals surface area contributed by atoms with Gasteiger partial charge in [0.15, 0.2) is 0 Å². The molecular formula is C15H19BrN2O. The van der Waals surface area contributed by atoms with Crippen LogP contribution in [0.25, 0.3) is 10.8 Å². The van der Waals surface area contributed by atoms with Crippen molar-refractivity contribution in [3.8, 4) is 0 Å². The minimum atomic E-state index is -0.365. The Morgan fingerprint density at radius 1 is 1.16 bits per heavy atom. The fraction of sp³-hybridized carbons (Fsp3) is 0.333. The van der Waals surface area contributed by atoms with Crippen molar-refractivity contribution in [1.29, 1.82) is 0 Å². The Bertz CT molecular complexity index is 557. The summed E-state index contributed by atoms with van der Waals surface area (Å²) in [5.74, 6) is 0. The van der Waals surface area contributed by atoms with Gasteiger partial charge in [-0.25, -0.2) is 0 Å². The lowest BCUT2D eigenvalue weighted by atomic mass is 10.1. The molecule has 2 aromatic rings. The Morgan fingerprint density at radius 3 is 2.58 bits per heavy atom. The Morgan fingerprint density at radius 2 is 1.84 bits per heavy atom. The second-order valence-corrected chi connectivity index (χ2v) is 5.92. The first-order chi connectivity index (χ1) is 9.04. The van der Waals surface area contributed by atoms with E-state index < -0.39 is 0 Å². The van der Waals surface area contributed by atoms with Gasteiger partial charge in [0.25, 0.3) is 0 Å². The molecule has 0 saturated carbocycles. The number of nitrogens with zero attached hydrogens (tertiary/aromatic N) is 1. The molecule has 0 amide bonds. The van der Waals surface area contributed by atoms with E-state index in [1.807, 2.05) is 31.1 Å². The molecule has 2 aromatic carbocycles. The third kappa shape index (κ3) is 4.20. The highest BCUT2D eigenvalue weighted by Gasteiger charge is 2.05. The van der Waals surface area contributed by atoms with E-state index in [2.05, 4.69) is 45.5 Å². The number of aliphatic hydroxyl groups excluding tert-OH is 1. The smallest absolute Gasteiger partial charge is 0.0838 e. The molecule has 0 aliphatic rings. The Balaban J connectivity index is 2.03. The van der Waals surface area contributed by atoms with E-state index in [0.717, 1.165) is 10.2 Å². The van der Waals surface area contributed by atoms with Crippen LogP contribution in [0.3, 0.4) is 0 Å². The molecule has 0 aliphatic carbocycles. The molecule has 0 spiro atoms. The van der Waals surface area contributed by atoms with Gasteiger partial charge >= 0.3 is 0 Å². The third-order valence-corrected chi connectivity index (χ3v) is 3.41. The van der Waals surface area contributed by atoms with Gasteiger partial charge in [-0.1, -0.05) is 28.1 Å². The molecule has 1 atom stereocenters. The molecule has 3 nitrogen and oxygen atoms in total. The van der Waals surface area contributed by atoms with Crippen LogP contribution in [0, 0.1) is 0 Å². The third-order valence-electron chi connectivity index (χ3n) is 2.92. The number of nitrogens with one attached hydrogen (secondary N) is 1. The zero-order chi connectivity index (χ0) is 13.8. The Labute approximate surface area is 122 Å². The Kier molecular flexibility index (Phi) is 4.80. The summed E-state index contributed by atoms with van der Waals surface area (Å²) in [5.41, 5.74) is 1.03. The number of hydrogen-bond donors (Lipinski definition) is 2. The van der Waals surface area contributed by atoms with E-state index in [9.17, 15) is 5.11 Å². The first-order valence-corrected chi connectivity index (χ1v) is 7.10. The lowest BCUT2D eigenvalue weighted by Crippen LogP contribution is -2.31. The van der Waals surface area contributed by atoms with Gasteiger partial charge in [-0.2, -0.15) is 0 Å². The van der Waals surface area contributed by atoms with E-state index in [0.29, 0.717) is 13.1 Å². The van der Waals surface area contributed by atoms with Gasteiger partial charge < -0.3 is 15.3 Å². The first-order valence-electron chi connectivity index (χ1n) is 6.30. The van der Waals surface area contributed by atoms with Crippen LogP contribution in [0.15, 0.2) is 40.9 Å². The van der Waals surface area contributed by atoms with Gasteiger partial charge in [0, 0.05) is 23.2 Å². The van der Waals surface area contributed by atoms with Crippen LogP contribution in [0.2, 0.25) is 0 Å². The predicted molar refractivity (Wildman–Crippen MR) is 84.7 cm³/mol. The molecule has 2 rings (SSSR count). The van der Waals surface area contributed by atoms with Gasteiger partial charge in [0.2, 0.25) is 0 Å². The highest BCUT2D eigenvalue weighted by molar-refractivity contribution is 9.10. The standard InChI is InChI=1S/C15H19BrN2O/c1-18(2)10-15(19)9-17-14-6-4-11-7-13(16)5-3-12(11)8-14/h3-8,15,17,19H,9-10H2,1-2H3. The van der Waals surface area contributed by atoms with Crippen LogP contribution >= 0.6 is 15.9 Å². The van der Waals surface area contributed by atoms with Crippen molar-refractivity contribution >= 4 is 32.4 Å². The summed E-state index contributed by atoms with van der Waals surface area (Å²) in [6.07, 6.45) is -0.365. The highest BCUT2D eigenvalue weighted by Crippen LogP contribution is 2.22. The van der Waals surface area contributed by atoms with Crippen LogP contribution in [0.1, 0.15) is 0 Å². The number of fused-ring (bicyclic) bond motifs is 1. The van der Waals surface area contributed by atoms with E-state index >= 15 is 0 Å². The van der Waals surface area contributed by atoms with Crippen LogP contribution in [-0.4, -0.2) is 43.3 Å². The van der Waals surface area contributed by atoms with Gasteiger partial charge in [-0.15, -0.1) is 0 Å². The molecule has 0 fully saturated rings. The van der Waals surface area contributed by atoms with E-state index in [-0.39, 0.29) is 6.10 Å². The van der Waals surface area contributed by atoms with Crippen molar-refractivity contribution in [3.05, 3.63) is 40.9 Å². The summed E-state index contributed by atoms with van der Waals surface area (Å²) in [7, 11) is 3.91. The average Bonchev–Trinajstić information content (AvgIpc) is 2.35. The average molecular weight is 323 g/mol. The summed E-state index contributed by atoms with van der Waals surface area (Å²) in [5, 5.41) is 15.5. The molecule has 0 heterocycles. The molecule has 19 heavy (non-hydrogen) atoms. The number of rotatable bonds is 5. The summed E-state index contributed by atoms with van der Waals surface area (Å²) in [6, 6.07) is 12.4. The van der Waals surface area contributed by atoms with Crippen LogP contribution in [-0.2, 0) is 0 Å². The molecule has 0 aliphatic heterocycles. The summed E-state index contributed by atoms with van der Waals surface area (Å²) in [6.45, 7) is 1.22. The number of halogens is 1. The number of aliphatic hydroxyl groups is 1. The topological polar surface area (TPSA) is 35.5 Å². The van der Waals surface area contributed by atoms with E-state index in [1.54, 1.807) is 0 Å². The zero-order valence-corrected chi connectivity index (χ0v) is 12.8. The normalized spacial score (nSPS) is 12.9. The zero-order valence-electron chi connectivity index (χ0n) is 11.2. The summed E-state index contributed by atoms with van der Waals surface area (Å²) >= 11 is 3.47. The molecule has 0 saturated heterocycles. The maximum atomic E-state index is 9.82.